The Morgan fingerprint density at radius 1 is 1.26 bits per heavy atom. The SMILES string of the molecule is CCC[C@H](NC(=O)CCCc1ccccc1)C(=O)O. The van der Waals surface area contributed by atoms with Crippen molar-refractivity contribution in [3.8, 4) is 0 Å². The first-order valence-corrected chi connectivity index (χ1v) is 6.69. The summed E-state index contributed by atoms with van der Waals surface area (Å²) in [5.41, 5.74) is 1.19. The van der Waals surface area contributed by atoms with Gasteiger partial charge in [-0.15, -0.1) is 0 Å². The molecule has 1 atom stereocenters. The van der Waals surface area contributed by atoms with E-state index in [9.17, 15) is 9.59 Å². The molecule has 1 amide bonds. The van der Waals surface area contributed by atoms with Gasteiger partial charge in [-0.3, -0.25) is 4.79 Å². The van der Waals surface area contributed by atoms with Crippen molar-refractivity contribution in [1.29, 1.82) is 0 Å². The molecule has 0 saturated heterocycles. The molecule has 1 rings (SSSR count). The number of nitrogens with one attached hydrogen (secondary N) is 1. The lowest BCUT2D eigenvalue weighted by Crippen LogP contribution is -2.40. The fourth-order valence-electron chi connectivity index (χ4n) is 1.91. The smallest absolute Gasteiger partial charge is 0.326 e. The fraction of sp³-hybridized carbons (Fsp3) is 0.467. The third-order valence-corrected chi connectivity index (χ3v) is 2.92. The molecule has 19 heavy (non-hydrogen) atoms. The van der Waals surface area contributed by atoms with Gasteiger partial charge in [0.1, 0.15) is 6.04 Å². The van der Waals surface area contributed by atoms with Crippen LogP contribution in [0.25, 0.3) is 0 Å². The topological polar surface area (TPSA) is 66.4 Å². The largest absolute Gasteiger partial charge is 0.480 e. The van der Waals surface area contributed by atoms with Gasteiger partial charge in [0, 0.05) is 6.42 Å². The maximum absolute atomic E-state index is 11.6. The van der Waals surface area contributed by atoms with Crippen molar-refractivity contribution >= 4 is 11.9 Å². The summed E-state index contributed by atoms with van der Waals surface area (Å²) in [7, 11) is 0. The normalized spacial score (nSPS) is 11.8. The van der Waals surface area contributed by atoms with Crippen LogP contribution in [0.5, 0.6) is 0 Å². The lowest BCUT2D eigenvalue weighted by molar-refractivity contribution is -0.142. The molecular weight excluding hydrogens is 242 g/mol. The Kier molecular flexibility index (Phi) is 6.64. The van der Waals surface area contributed by atoms with Crippen LogP contribution >= 0.6 is 0 Å². The highest BCUT2D eigenvalue weighted by Crippen LogP contribution is 2.05. The molecule has 0 aromatic heterocycles. The predicted octanol–water partition coefficient (Wildman–Crippen LogP) is 2.38. The van der Waals surface area contributed by atoms with Crippen molar-refractivity contribution in [3.63, 3.8) is 0 Å². The van der Waals surface area contributed by atoms with E-state index in [0.717, 1.165) is 19.3 Å². The van der Waals surface area contributed by atoms with Gasteiger partial charge in [-0.2, -0.15) is 0 Å². The van der Waals surface area contributed by atoms with Gasteiger partial charge in [-0.05, 0) is 24.8 Å². The number of carboxylic acids is 1. The van der Waals surface area contributed by atoms with Crippen LogP contribution < -0.4 is 5.32 Å². The highest BCUT2D eigenvalue weighted by Gasteiger charge is 2.18. The average Bonchev–Trinajstić information content (AvgIpc) is 2.39. The molecule has 0 unspecified atom stereocenters. The highest BCUT2D eigenvalue weighted by atomic mass is 16.4. The van der Waals surface area contributed by atoms with Gasteiger partial charge in [0.15, 0.2) is 0 Å². The first-order chi connectivity index (χ1) is 9.13. The van der Waals surface area contributed by atoms with E-state index < -0.39 is 12.0 Å². The number of carbonyl (C=O) groups excluding carboxylic acids is 1. The van der Waals surface area contributed by atoms with Crippen LogP contribution in [0, 0.1) is 0 Å². The van der Waals surface area contributed by atoms with E-state index >= 15 is 0 Å². The van der Waals surface area contributed by atoms with Crippen LogP contribution in [0.15, 0.2) is 30.3 Å². The zero-order valence-electron chi connectivity index (χ0n) is 11.3. The van der Waals surface area contributed by atoms with E-state index in [2.05, 4.69) is 5.32 Å². The molecule has 4 nitrogen and oxygen atoms in total. The molecule has 0 aliphatic rings. The number of carboxylic acid groups (broad SMARTS) is 1. The molecule has 4 heteroatoms. The molecule has 0 heterocycles. The maximum Gasteiger partial charge on any atom is 0.326 e. The summed E-state index contributed by atoms with van der Waals surface area (Å²) in [6, 6.07) is 9.19. The second kappa shape index (κ2) is 8.29. The number of hydrogen-bond donors (Lipinski definition) is 2. The zero-order chi connectivity index (χ0) is 14.1. The summed E-state index contributed by atoms with van der Waals surface area (Å²) >= 11 is 0. The monoisotopic (exact) mass is 263 g/mol. The lowest BCUT2D eigenvalue weighted by Gasteiger charge is -2.13. The number of hydrogen-bond acceptors (Lipinski definition) is 2. The second-order valence-corrected chi connectivity index (χ2v) is 4.59. The van der Waals surface area contributed by atoms with Crippen molar-refractivity contribution in [2.24, 2.45) is 0 Å². The number of aliphatic carboxylic acids is 1. The second-order valence-electron chi connectivity index (χ2n) is 4.59. The Bertz CT molecular complexity index is 403. The van der Waals surface area contributed by atoms with Crippen LogP contribution in [0.1, 0.15) is 38.2 Å². The van der Waals surface area contributed by atoms with Crippen molar-refractivity contribution in [1.82, 2.24) is 5.32 Å². The molecule has 0 spiro atoms. The highest BCUT2D eigenvalue weighted by molar-refractivity contribution is 5.83. The standard InChI is InChI=1S/C15H21NO3/c1-2-7-13(15(18)19)16-14(17)11-6-10-12-8-4-3-5-9-12/h3-5,8-9,13H,2,6-7,10-11H2,1H3,(H,16,17)(H,18,19)/t13-/m0/s1. The van der Waals surface area contributed by atoms with Gasteiger partial charge in [-0.1, -0.05) is 43.7 Å². The van der Waals surface area contributed by atoms with Crippen LogP contribution in [0.4, 0.5) is 0 Å². The van der Waals surface area contributed by atoms with Crippen LogP contribution in [0.2, 0.25) is 0 Å². The zero-order valence-corrected chi connectivity index (χ0v) is 11.3. The molecule has 0 aliphatic heterocycles. The molecule has 1 aromatic carbocycles. The molecule has 0 aliphatic carbocycles. The van der Waals surface area contributed by atoms with E-state index in [-0.39, 0.29) is 5.91 Å². The first-order valence-electron chi connectivity index (χ1n) is 6.69. The summed E-state index contributed by atoms with van der Waals surface area (Å²) < 4.78 is 0. The van der Waals surface area contributed by atoms with E-state index in [1.165, 1.54) is 5.56 Å². The minimum atomic E-state index is -0.960. The van der Waals surface area contributed by atoms with E-state index in [1.807, 2.05) is 37.3 Å². The minimum absolute atomic E-state index is 0.184. The average molecular weight is 263 g/mol. The van der Waals surface area contributed by atoms with Crippen molar-refractivity contribution in [2.45, 2.75) is 45.1 Å². The molecule has 104 valence electrons. The van der Waals surface area contributed by atoms with Gasteiger partial charge >= 0.3 is 5.97 Å². The van der Waals surface area contributed by atoms with E-state index in [4.69, 9.17) is 5.11 Å². The molecule has 2 N–H and O–H groups in total. The molecule has 0 fully saturated rings. The third kappa shape index (κ3) is 6.04. The van der Waals surface area contributed by atoms with Crippen LogP contribution in [0.3, 0.4) is 0 Å². The van der Waals surface area contributed by atoms with Crippen molar-refractivity contribution in [2.75, 3.05) is 0 Å². The Morgan fingerprint density at radius 3 is 2.53 bits per heavy atom. The summed E-state index contributed by atoms with van der Waals surface area (Å²) in [5, 5.41) is 11.5. The van der Waals surface area contributed by atoms with E-state index in [0.29, 0.717) is 12.8 Å². The summed E-state index contributed by atoms with van der Waals surface area (Å²) in [6.07, 6.45) is 3.14. The Balaban J connectivity index is 2.29. The summed E-state index contributed by atoms with van der Waals surface area (Å²) in [5.74, 6) is -1.14. The van der Waals surface area contributed by atoms with Crippen LogP contribution in [-0.4, -0.2) is 23.0 Å². The van der Waals surface area contributed by atoms with Crippen molar-refractivity contribution < 1.29 is 14.7 Å². The number of rotatable bonds is 8. The molecule has 0 saturated carbocycles. The molecule has 1 aromatic rings. The Hall–Kier alpha value is -1.84. The van der Waals surface area contributed by atoms with Gasteiger partial charge in [0.25, 0.3) is 0 Å². The van der Waals surface area contributed by atoms with Gasteiger partial charge in [0.05, 0.1) is 0 Å². The molecule has 0 bridgehead atoms. The van der Waals surface area contributed by atoms with Gasteiger partial charge < -0.3 is 10.4 Å². The number of benzene rings is 1. The molecular formula is C15H21NO3. The summed E-state index contributed by atoms with van der Waals surface area (Å²) in [6.45, 7) is 1.90. The Morgan fingerprint density at radius 2 is 1.95 bits per heavy atom. The number of amides is 1. The lowest BCUT2D eigenvalue weighted by atomic mass is 10.1. The first kappa shape index (κ1) is 15.2. The molecule has 0 radical (unpaired) electrons. The van der Waals surface area contributed by atoms with Crippen molar-refractivity contribution in [3.05, 3.63) is 35.9 Å². The predicted molar refractivity (Wildman–Crippen MR) is 73.9 cm³/mol. The van der Waals surface area contributed by atoms with E-state index in [1.54, 1.807) is 0 Å². The quantitative estimate of drug-likeness (QED) is 0.756. The van der Waals surface area contributed by atoms with Gasteiger partial charge in [-0.25, -0.2) is 4.79 Å². The maximum atomic E-state index is 11.6. The fourth-order valence-corrected chi connectivity index (χ4v) is 1.91. The number of aryl methyl sites for hydroxylation is 1. The number of carbonyl (C=O) groups is 2. The summed E-state index contributed by atoms with van der Waals surface area (Å²) in [4.78, 5) is 22.6. The minimum Gasteiger partial charge on any atom is -0.480 e. The van der Waals surface area contributed by atoms with Crippen LogP contribution in [-0.2, 0) is 16.0 Å². The third-order valence-electron chi connectivity index (χ3n) is 2.92. The Labute approximate surface area is 113 Å². The van der Waals surface area contributed by atoms with Gasteiger partial charge in [0.2, 0.25) is 5.91 Å².